The predicted octanol–water partition coefficient (Wildman–Crippen LogP) is 1.89. The third kappa shape index (κ3) is 3.19. The second kappa shape index (κ2) is 5.24. The van der Waals surface area contributed by atoms with Crippen molar-refractivity contribution in [1.82, 2.24) is 0 Å². The summed E-state index contributed by atoms with van der Waals surface area (Å²) in [6.07, 6.45) is 3.86. The summed E-state index contributed by atoms with van der Waals surface area (Å²) in [6.45, 7) is 0.178. The maximum atomic E-state index is 10.0. The minimum atomic E-state index is 0.178. The standard InChI is InChI=1S/C10H10O3/c11-7-1-2-9-3-5-10(6-4-9)8-13-12/h1-7,12H,8H2. The van der Waals surface area contributed by atoms with Crippen molar-refractivity contribution in [3.8, 4) is 0 Å². The second-order valence-corrected chi connectivity index (χ2v) is 2.51. The average molecular weight is 178 g/mol. The summed E-state index contributed by atoms with van der Waals surface area (Å²) in [6, 6.07) is 7.32. The van der Waals surface area contributed by atoms with Crippen LogP contribution in [0, 0.1) is 0 Å². The normalized spacial score (nSPS) is 10.5. The van der Waals surface area contributed by atoms with Crippen molar-refractivity contribution in [3.05, 3.63) is 41.5 Å². The lowest BCUT2D eigenvalue weighted by molar-refractivity contribution is -0.253. The van der Waals surface area contributed by atoms with Gasteiger partial charge in [0.25, 0.3) is 0 Å². The lowest BCUT2D eigenvalue weighted by atomic mass is 10.1. The van der Waals surface area contributed by atoms with Crippen LogP contribution in [0.4, 0.5) is 0 Å². The van der Waals surface area contributed by atoms with E-state index in [0.717, 1.165) is 17.4 Å². The molecule has 0 bridgehead atoms. The van der Waals surface area contributed by atoms with Crippen LogP contribution in [0.15, 0.2) is 30.3 Å². The van der Waals surface area contributed by atoms with Crippen LogP contribution in [-0.4, -0.2) is 11.5 Å². The maximum absolute atomic E-state index is 10.0. The quantitative estimate of drug-likeness (QED) is 0.331. The molecule has 0 radical (unpaired) electrons. The van der Waals surface area contributed by atoms with Gasteiger partial charge in [-0.25, -0.2) is 4.89 Å². The summed E-state index contributed by atoms with van der Waals surface area (Å²) in [7, 11) is 0. The molecule has 0 aliphatic rings. The highest BCUT2D eigenvalue weighted by Crippen LogP contribution is 2.06. The van der Waals surface area contributed by atoms with Gasteiger partial charge in [-0.2, -0.15) is 0 Å². The van der Waals surface area contributed by atoms with E-state index in [1.54, 1.807) is 6.08 Å². The Morgan fingerprint density at radius 2 is 2.00 bits per heavy atom. The zero-order chi connectivity index (χ0) is 9.52. The minimum Gasteiger partial charge on any atom is -0.299 e. The first-order valence-corrected chi connectivity index (χ1v) is 3.84. The molecule has 1 aromatic rings. The van der Waals surface area contributed by atoms with Crippen molar-refractivity contribution in [2.45, 2.75) is 6.61 Å². The molecule has 0 aliphatic carbocycles. The molecule has 0 amide bonds. The van der Waals surface area contributed by atoms with Crippen LogP contribution < -0.4 is 0 Å². The fourth-order valence-electron chi connectivity index (χ4n) is 0.950. The zero-order valence-corrected chi connectivity index (χ0v) is 7.01. The zero-order valence-electron chi connectivity index (χ0n) is 7.01. The molecule has 0 unspecified atom stereocenters. The Kier molecular flexibility index (Phi) is 3.88. The van der Waals surface area contributed by atoms with Crippen molar-refractivity contribution in [1.29, 1.82) is 0 Å². The Morgan fingerprint density at radius 1 is 1.31 bits per heavy atom. The van der Waals surface area contributed by atoms with Gasteiger partial charge in [0.2, 0.25) is 0 Å². The first kappa shape index (κ1) is 9.64. The molecule has 0 aliphatic heterocycles. The molecule has 1 aromatic carbocycles. The third-order valence-electron chi connectivity index (χ3n) is 1.58. The number of hydrogen-bond donors (Lipinski definition) is 1. The van der Waals surface area contributed by atoms with E-state index in [2.05, 4.69) is 4.89 Å². The van der Waals surface area contributed by atoms with E-state index in [1.165, 1.54) is 6.08 Å². The van der Waals surface area contributed by atoms with Crippen molar-refractivity contribution in [2.24, 2.45) is 0 Å². The molecule has 0 saturated carbocycles. The van der Waals surface area contributed by atoms with Gasteiger partial charge >= 0.3 is 0 Å². The summed E-state index contributed by atoms with van der Waals surface area (Å²) in [5.74, 6) is 0. The Labute approximate surface area is 76.2 Å². The van der Waals surface area contributed by atoms with E-state index in [4.69, 9.17) is 5.26 Å². The number of carbonyl (C=O) groups is 1. The lowest BCUT2D eigenvalue weighted by Gasteiger charge is -1.97. The predicted molar refractivity (Wildman–Crippen MR) is 49.0 cm³/mol. The smallest absolute Gasteiger partial charge is 0.142 e. The van der Waals surface area contributed by atoms with Crippen molar-refractivity contribution >= 4 is 12.4 Å². The van der Waals surface area contributed by atoms with Gasteiger partial charge in [-0.1, -0.05) is 30.3 Å². The topological polar surface area (TPSA) is 46.5 Å². The molecular formula is C10H10O3. The molecule has 13 heavy (non-hydrogen) atoms. The van der Waals surface area contributed by atoms with Crippen LogP contribution in [0.25, 0.3) is 6.08 Å². The first-order chi connectivity index (χ1) is 6.36. The molecule has 1 N–H and O–H groups in total. The fourth-order valence-corrected chi connectivity index (χ4v) is 0.950. The van der Waals surface area contributed by atoms with Gasteiger partial charge in [0.15, 0.2) is 0 Å². The Bertz CT molecular complexity index is 288. The Balaban J connectivity index is 2.69. The SMILES string of the molecule is O=CC=Cc1ccc(COO)cc1. The highest BCUT2D eigenvalue weighted by Gasteiger charge is 1.91. The van der Waals surface area contributed by atoms with Crippen LogP contribution in [0.1, 0.15) is 11.1 Å². The fraction of sp³-hybridized carbons (Fsp3) is 0.100. The number of benzene rings is 1. The summed E-state index contributed by atoms with van der Waals surface area (Å²) >= 11 is 0. The first-order valence-electron chi connectivity index (χ1n) is 3.84. The van der Waals surface area contributed by atoms with Crippen LogP contribution >= 0.6 is 0 Å². The van der Waals surface area contributed by atoms with Crippen LogP contribution in [0.5, 0.6) is 0 Å². The monoisotopic (exact) mass is 178 g/mol. The van der Waals surface area contributed by atoms with Crippen molar-refractivity contribution < 1.29 is 14.9 Å². The molecule has 0 fully saturated rings. The average Bonchev–Trinajstić information content (AvgIpc) is 2.17. The van der Waals surface area contributed by atoms with E-state index in [0.29, 0.717) is 0 Å². The third-order valence-corrected chi connectivity index (χ3v) is 1.58. The largest absolute Gasteiger partial charge is 0.299 e. The summed E-state index contributed by atoms with van der Waals surface area (Å²) in [4.78, 5) is 14.0. The molecule has 0 spiro atoms. The molecule has 3 nitrogen and oxygen atoms in total. The Hall–Kier alpha value is -1.45. The second-order valence-electron chi connectivity index (χ2n) is 2.51. The highest BCUT2D eigenvalue weighted by atomic mass is 17.1. The van der Waals surface area contributed by atoms with E-state index in [1.807, 2.05) is 24.3 Å². The van der Waals surface area contributed by atoms with Crippen LogP contribution in [0.2, 0.25) is 0 Å². The Morgan fingerprint density at radius 3 is 2.54 bits per heavy atom. The van der Waals surface area contributed by atoms with E-state index < -0.39 is 0 Å². The van der Waals surface area contributed by atoms with E-state index in [9.17, 15) is 4.79 Å². The van der Waals surface area contributed by atoms with E-state index >= 15 is 0 Å². The van der Waals surface area contributed by atoms with Gasteiger partial charge in [-0.05, 0) is 17.2 Å². The summed E-state index contributed by atoms with van der Waals surface area (Å²) in [5, 5.41) is 8.17. The molecule has 0 saturated heterocycles. The molecule has 3 heteroatoms. The van der Waals surface area contributed by atoms with Crippen LogP contribution in [-0.2, 0) is 16.3 Å². The summed E-state index contributed by atoms with van der Waals surface area (Å²) in [5.41, 5.74) is 1.82. The van der Waals surface area contributed by atoms with E-state index in [-0.39, 0.29) is 6.61 Å². The van der Waals surface area contributed by atoms with Gasteiger partial charge in [0.1, 0.15) is 12.9 Å². The highest BCUT2D eigenvalue weighted by molar-refractivity contribution is 5.73. The number of carbonyl (C=O) groups excluding carboxylic acids is 1. The van der Waals surface area contributed by atoms with Crippen molar-refractivity contribution in [3.63, 3.8) is 0 Å². The molecule has 1 rings (SSSR count). The van der Waals surface area contributed by atoms with Gasteiger partial charge in [0.05, 0.1) is 0 Å². The summed E-state index contributed by atoms with van der Waals surface area (Å²) < 4.78 is 0. The maximum Gasteiger partial charge on any atom is 0.142 e. The molecule has 0 atom stereocenters. The van der Waals surface area contributed by atoms with Gasteiger partial charge in [0, 0.05) is 0 Å². The number of aldehydes is 1. The number of rotatable bonds is 4. The van der Waals surface area contributed by atoms with Crippen molar-refractivity contribution in [2.75, 3.05) is 0 Å². The molecule has 0 aromatic heterocycles. The van der Waals surface area contributed by atoms with Crippen LogP contribution in [0.3, 0.4) is 0 Å². The van der Waals surface area contributed by atoms with Gasteiger partial charge in [-0.15, -0.1) is 0 Å². The number of hydrogen-bond acceptors (Lipinski definition) is 3. The molecule has 68 valence electrons. The minimum absolute atomic E-state index is 0.178. The molecular weight excluding hydrogens is 168 g/mol. The lowest BCUT2D eigenvalue weighted by Crippen LogP contribution is -1.86. The van der Waals surface area contributed by atoms with Gasteiger partial charge in [-0.3, -0.25) is 10.1 Å². The number of allylic oxidation sites excluding steroid dienone is 1. The van der Waals surface area contributed by atoms with Gasteiger partial charge < -0.3 is 0 Å². The molecule has 0 heterocycles.